The predicted molar refractivity (Wildman–Crippen MR) is 64.6 cm³/mol. The van der Waals surface area contributed by atoms with Crippen LogP contribution in [0.1, 0.15) is 13.3 Å². The van der Waals surface area contributed by atoms with Crippen LogP contribution in [-0.2, 0) is 9.53 Å². The highest BCUT2D eigenvalue weighted by molar-refractivity contribution is 7.99. The van der Waals surface area contributed by atoms with Gasteiger partial charge in [-0.3, -0.25) is 4.79 Å². The van der Waals surface area contributed by atoms with Crippen LogP contribution in [-0.4, -0.2) is 68.0 Å². The van der Waals surface area contributed by atoms with E-state index in [2.05, 4.69) is 0 Å². The lowest BCUT2D eigenvalue weighted by Crippen LogP contribution is -2.59. The van der Waals surface area contributed by atoms with E-state index >= 15 is 0 Å². The third kappa shape index (κ3) is 3.14. The quantitative estimate of drug-likeness (QED) is 0.394. The zero-order valence-corrected chi connectivity index (χ0v) is 11.0. The molecule has 1 aliphatic heterocycles. The van der Waals surface area contributed by atoms with E-state index in [0.717, 1.165) is 11.8 Å². The Kier molecular flexibility index (Phi) is 4.98. The van der Waals surface area contributed by atoms with Crippen molar-refractivity contribution >= 4 is 17.7 Å². The van der Waals surface area contributed by atoms with Gasteiger partial charge in [-0.2, -0.15) is 0 Å². The molecular formula is C10H19NO6S. The largest absolute Gasteiger partial charge is 0.388 e. The summed E-state index contributed by atoms with van der Waals surface area (Å²) in [6.07, 6.45) is -3.60. The fourth-order valence-corrected chi connectivity index (χ4v) is 2.47. The van der Waals surface area contributed by atoms with Crippen LogP contribution in [0.25, 0.3) is 0 Å². The summed E-state index contributed by atoms with van der Waals surface area (Å²) >= 11 is 1.16. The fraction of sp³-hybridized carbons (Fsp3) is 0.900. The van der Waals surface area contributed by atoms with E-state index in [4.69, 9.17) is 10.5 Å². The molecule has 6 unspecified atom stereocenters. The Hall–Kier alpha value is -0.380. The number of carbonyl (C=O) groups is 1. The first-order valence-corrected chi connectivity index (χ1v) is 6.74. The van der Waals surface area contributed by atoms with Gasteiger partial charge < -0.3 is 30.9 Å². The summed E-state index contributed by atoms with van der Waals surface area (Å²) in [5.74, 6) is -0.945. The molecular weight excluding hydrogens is 262 g/mol. The number of rotatable bonds is 4. The summed E-state index contributed by atoms with van der Waals surface area (Å²) in [5, 5.41) is 38.8. The first-order chi connectivity index (χ1) is 8.20. The third-order valence-corrected chi connectivity index (χ3v) is 3.88. The Morgan fingerprint density at radius 2 is 1.89 bits per heavy atom. The van der Waals surface area contributed by atoms with Gasteiger partial charge >= 0.3 is 0 Å². The molecule has 106 valence electrons. The minimum atomic E-state index is -1.85. The maximum atomic E-state index is 11.0. The van der Waals surface area contributed by atoms with Crippen molar-refractivity contribution in [2.45, 2.75) is 48.8 Å². The average Bonchev–Trinajstić information content (AvgIpc) is 2.29. The normalized spacial score (nSPS) is 40.2. The zero-order valence-electron chi connectivity index (χ0n) is 10.2. The number of hydrogen-bond acceptors (Lipinski definition) is 7. The Morgan fingerprint density at radius 3 is 2.33 bits per heavy atom. The van der Waals surface area contributed by atoms with E-state index in [-0.39, 0.29) is 6.42 Å². The van der Waals surface area contributed by atoms with E-state index in [1.54, 1.807) is 6.26 Å². The third-order valence-electron chi connectivity index (χ3n) is 3.03. The van der Waals surface area contributed by atoms with Gasteiger partial charge in [0.15, 0.2) is 0 Å². The first-order valence-electron chi connectivity index (χ1n) is 5.45. The van der Waals surface area contributed by atoms with E-state index < -0.39 is 41.4 Å². The molecule has 0 saturated carbocycles. The van der Waals surface area contributed by atoms with Crippen LogP contribution >= 0.6 is 11.8 Å². The minimum Gasteiger partial charge on any atom is -0.388 e. The number of nitrogens with two attached hydrogens (primary N) is 1. The topological polar surface area (TPSA) is 133 Å². The van der Waals surface area contributed by atoms with E-state index in [0.29, 0.717) is 0 Å². The Balaban J connectivity index is 2.79. The van der Waals surface area contributed by atoms with Crippen LogP contribution in [0.5, 0.6) is 0 Å². The molecule has 0 aromatic rings. The van der Waals surface area contributed by atoms with Gasteiger partial charge in [0.25, 0.3) is 0 Å². The molecule has 0 aliphatic carbocycles. The summed E-state index contributed by atoms with van der Waals surface area (Å²) < 4.78 is 5.35. The molecule has 0 bridgehead atoms. The molecule has 0 aromatic carbocycles. The summed E-state index contributed by atoms with van der Waals surface area (Å²) in [5.41, 5.74) is 2.43. The monoisotopic (exact) mass is 281 g/mol. The number of thioether (sulfide) groups is 1. The minimum absolute atomic E-state index is 0.260. The molecule has 7 nitrogen and oxygen atoms in total. The van der Waals surface area contributed by atoms with Crippen LogP contribution in [0.3, 0.4) is 0 Å². The lowest BCUT2D eigenvalue weighted by molar-refractivity contribution is -0.209. The molecule has 1 rings (SSSR count). The Morgan fingerprint density at radius 1 is 1.33 bits per heavy atom. The molecule has 0 aromatic heterocycles. The summed E-state index contributed by atoms with van der Waals surface area (Å²) in [6, 6.07) is 0. The smallest absolute Gasteiger partial charge is 0.249 e. The molecule has 8 heteroatoms. The number of ether oxygens (including phenoxy) is 1. The zero-order chi connectivity index (χ0) is 14.1. The fourth-order valence-electron chi connectivity index (χ4n) is 1.77. The Labute approximate surface area is 109 Å². The van der Waals surface area contributed by atoms with Crippen molar-refractivity contribution in [3.8, 4) is 0 Å². The number of aliphatic hydroxyl groups is 4. The van der Waals surface area contributed by atoms with E-state index in [1.165, 1.54) is 6.92 Å². The Bertz CT molecular complexity index is 311. The maximum absolute atomic E-state index is 11.0. The van der Waals surface area contributed by atoms with Crippen molar-refractivity contribution in [2.75, 3.05) is 6.26 Å². The van der Waals surface area contributed by atoms with Crippen molar-refractivity contribution in [3.63, 3.8) is 0 Å². The van der Waals surface area contributed by atoms with Crippen LogP contribution < -0.4 is 5.73 Å². The van der Waals surface area contributed by atoms with Crippen molar-refractivity contribution in [1.29, 1.82) is 0 Å². The van der Waals surface area contributed by atoms with Gasteiger partial charge in [0.2, 0.25) is 5.91 Å². The summed E-state index contributed by atoms with van der Waals surface area (Å²) in [6.45, 7) is 1.21. The molecule has 1 fully saturated rings. The lowest BCUT2D eigenvalue weighted by Gasteiger charge is -2.41. The van der Waals surface area contributed by atoms with Gasteiger partial charge in [-0.25, -0.2) is 0 Å². The average molecular weight is 281 g/mol. The second-order valence-corrected chi connectivity index (χ2v) is 5.53. The van der Waals surface area contributed by atoms with Gasteiger partial charge in [0.1, 0.15) is 29.3 Å². The van der Waals surface area contributed by atoms with Crippen LogP contribution in [0.15, 0.2) is 0 Å². The molecule has 6 atom stereocenters. The molecule has 0 spiro atoms. The second kappa shape index (κ2) is 5.72. The predicted octanol–water partition coefficient (Wildman–Crippen LogP) is -2.22. The number of primary amides is 1. The van der Waals surface area contributed by atoms with Gasteiger partial charge in [-0.05, 0) is 13.2 Å². The molecule has 1 aliphatic rings. The van der Waals surface area contributed by atoms with Gasteiger partial charge in [-0.1, -0.05) is 0 Å². The number of amides is 1. The highest BCUT2D eigenvalue weighted by atomic mass is 32.2. The maximum Gasteiger partial charge on any atom is 0.249 e. The molecule has 1 saturated heterocycles. The summed E-state index contributed by atoms with van der Waals surface area (Å²) in [7, 11) is 0. The molecule has 1 heterocycles. The van der Waals surface area contributed by atoms with Crippen LogP contribution in [0.4, 0.5) is 0 Å². The summed E-state index contributed by atoms with van der Waals surface area (Å²) in [4.78, 5) is 11.0. The SMILES string of the molecule is CSC1OC(CC(C)(O)C(N)=O)C(O)C(O)C1O. The van der Waals surface area contributed by atoms with Crippen molar-refractivity contribution in [3.05, 3.63) is 0 Å². The number of hydrogen-bond donors (Lipinski definition) is 5. The standard InChI is InChI=1S/C10H19NO6S/c1-10(16,9(11)15)3-4-5(12)6(13)7(14)8(17-4)18-2/h4-8,12-14,16H,3H2,1-2H3,(H2,11,15). The van der Waals surface area contributed by atoms with E-state index in [9.17, 15) is 25.2 Å². The molecule has 0 radical (unpaired) electrons. The lowest BCUT2D eigenvalue weighted by atomic mass is 9.90. The highest BCUT2D eigenvalue weighted by Gasteiger charge is 2.46. The molecule has 1 amide bonds. The van der Waals surface area contributed by atoms with Crippen molar-refractivity contribution < 1.29 is 30.0 Å². The van der Waals surface area contributed by atoms with Crippen molar-refractivity contribution in [2.24, 2.45) is 5.73 Å². The van der Waals surface area contributed by atoms with E-state index in [1.807, 2.05) is 0 Å². The first kappa shape index (κ1) is 15.7. The van der Waals surface area contributed by atoms with Gasteiger partial charge in [0.05, 0.1) is 6.10 Å². The number of aliphatic hydroxyl groups excluding tert-OH is 3. The molecule has 6 N–H and O–H groups in total. The molecule has 18 heavy (non-hydrogen) atoms. The van der Waals surface area contributed by atoms with Gasteiger partial charge in [-0.15, -0.1) is 11.8 Å². The van der Waals surface area contributed by atoms with Gasteiger partial charge in [0, 0.05) is 6.42 Å². The second-order valence-electron chi connectivity index (χ2n) is 4.59. The van der Waals surface area contributed by atoms with Crippen LogP contribution in [0, 0.1) is 0 Å². The highest BCUT2D eigenvalue weighted by Crippen LogP contribution is 2.30. The van der Waals surface area contributed by atoms with Crippen molar-refractivity contribution in [1.82, 2.24) is 0 Å². The number of carbonyl (C=O) groups excluding carboxylic acids is 1. The van der Waals surface area contributed by atoms with Crippen LogP contribution in [0.2, 0.25) is 0 Å².